The van der Waals surface area contributed by atoms with Crippen LogP contribution in [0.15, 0.2) is 42.5 Å². The number of hydrogen-bond acceptors (Lipinski definition) is 3. The largest absolute Gasteiger partial charge is 0.389 e. The van der Waals surface area contributed by atoms with Crippen LogP contribution in [0.2, 0.25) is 0 Å². The van der Waals surface area contributed by atoms with Crippen LogP contribution in [-0.2, 0) is 4.79 Å². The molecule has 0 saturated heterocycles. The summed E-state index contributed by atoms with van der Waals surface area (Å²) in [5.74, 6) is -0.675. The molecule has 3 rings (SSSR count). The molecule has 5 heteroatoms. The Morgan fingerprint density at radius 3 is 2.76 bits per heavy atom. The summed E-state index contributed by atoms with van der Waals surface area (Å²) in [6.07, 6.45) is -0.826. The van der Waals surface area contributed by atoms with E-state index in [0.717, 1.165) is 0 Å². The molecule has 0 aromatic heterocycles. The number of aliphatic hydroxyl groups excluding tert-OH is 1. The number of hydrogen-bond donors (Lipinski definition) is 2. The van der Waals surface area contributed by atoms with Gasteiger partial charge in [0, 0.05) is 5.56 Å². The van der Waals surface area contributed by atoms with E-state index in [0.29, 0.717) is 16.9 Å². The lowest BCUT2D eigenvalue weighted by Crippen LogP contribution is -2.36. The molecule has 0 saturated carbocycles. The Morgan fingerprint density at radius 1 is 1.24 bits per heavy atom. The van der Waals surface area contributed by atoms with Crippen molar-refractivity contribution in [2.75, 3.05) is 16.8 Å². The van der Waals surface area contributed by atoms with E-state index in [1.165, 1.54) is 6.07 Å². The highest BCUT2D eigenvalue weighted by atomic mass is 19.1. The fourth-order valence-corrected chi connectivity index (χ4v) is 2.59. The van der Waals surface area contributed by atoms with E-state index in [4.69, 9.17) is 0 Å². The quantitative estimate of drug-likeness (QED) is 0.892. The van der Waals surface area contributed by atoms with E-state index in [1.807, 2.05) is 12.1 Å². The number of carbonyl (C=O) groups excluding carboxylic acids is 1. The smallest absolute Gasteiger partial charge is 0.244 e. The molecule has 0 bridgehead atoms. The van der Waals surface area contributed by atoms with Crippen molar-refractivity contribution in [3.63, 3.8) is 0 Å². The van der Waals surface area contributed by atoms with Crippen molar-refractivity contribution in [3.05, 3.63) is 53.8 Å². The summed E-state index contributed by atoms with van der Waals surface area (Å²) in [5, 5.41) is 12.6. The summed E-state index contributed by atoms with van der Waals surface area (Å²) in [7, 11) is 0. The normalized spacial score (nSPS) is 15.4. The van der Waals surface area contributed by atoms with Crippen molar-refractivity contribution in [2.45, 2.75) is 13.0 Å². The van der Waals surface area contributed by atoms with Gasteiger partial charge in [-0.15, -0.1) is 0 Å². The average Bonchev–Trinajstić information content (AvgIpc) is 2.46. The minimum absolute atomic E-state index is 0.0116. The minimum atomic E-state index is -0.826. The molecule has 108 valence electrons. The molecule has 21 heavy (non-hydrogen) atoms. The van der Waals surface area contributed by atoms with Crippen LogP contribution in [0.3, 0.4) is 0 Å². The zero-order chi connectivity index (χ0) is 15.0. The van der Waals surface area contributed by atoms with Gasteiger partial charge in [0.05, 0.1) is 23.2 Å². The number of carbonyl (C=O) groups is 1. The first-order valence-corrected chi connectivity index (χ1v) is 6.71. The third kappa shape index (κ3) is 2.36. The molecule has 0 unspecified atom stereocenters. The summed E-state index contributed by atoms with van der Waals surface area (Å²) in [6.45, 7) is 1.59. The van der Waals surface area contributed by atoms with Crippen molar-refractivity contribution < 1.29 is 14.3 Å². The Bertz CT molecular complexity index is 700. The monoisotopic (exact) mass is 286 g/mol. The molecule has 2 N–H and O–H groups in total. The first kappa shape index (κ1) is 13.6. The summed E-state index contributed by atoms with van der Waals surface area (Å²) < 4.78 is 14.3. The first-order valence-electron chi connectivity index (χ1n) is 6.71. The lowest BCUT2D eigenvalue weighted by Gasteiger charge is -2.33. The topological polar surface area (TPSA) is 52.6 Å². The number of benzene rings is 2. The van der Waals surface area contributed by atoms with E-state index in [9.17, 15) is 14.3 Å². The van der Waals surface area contributed by atoms with E-state index in [-0.39, 0.29) is 18.1 Å². The number of fused-ring (bicyclic) bond motifs is 1. The van der Waals surface area contributed by atoms with Gasteiger partial charge >= 0.3 is 0 Å². The Morgan fingerprint density at radius 2 is 2.00 bits per heavy atom. The van der Waals surface area contributed by atoms with Gasteiger partial charge in [0.15, 0.2) is 0 Å². The molecule has 2 aromatic rings. The van der Waals surface area contributed by atoms with E-state index in [1.54, 1.807) is 36.1 Å². The van der Waals surface area contributed by atoms with Crippen molar-refractivity contribution in [2.24, 2.45) is 0 Å². The molecule has 1 atom stereocenters. The van der Waals surface area contributed by atoms with Crippen LogP contribution in [-0.4, -0.2) is 17.6 Å². The number of nitrogens with one attached hydrogen (secondary N) is 1. The predicted octanol–water partition coefficient (Wildman–Crippen LogP) is 2.97. The first-order chi connectivity index (χ1) is 10.1. The zero-order valence-corrected chi connectivity index (χ0v) is 11.5. The highest BCUT2D eigenvalue weighted by molar-refractivity contribution is 6.03. The molecule has 0 radical (unpaired) electrons. The molecule has 1 aliphatic heterocycles. The minimum Gasteiger partial charge on any atom is -0.389 e. The van der Waals surface area contributed by atoms with Crippen LogP contribution in [0.25, 0.3) is 0 Å². The number of amides is 1. The van der Waals surface area contributed by atoms with Gasteiger partial charge in [-0.25, -0.2) is 4.39 Å². The van der Waals surface area contributed by atoms with Crippen LogP contribution in [0.5, 0.6) is 0 Å². The molecule has 1 amide bonds. The van der Waals surface area contributed by atoms with Crippen LogP contribution < -0.4 is 10.2 Å². The van der Waals surface area contributed by atoms with Gasteiger partial charge in [0.2, 0.25) is 5.91 Å². The Hall–Kier alpha value is -2.40. The molecule has 1 aliphatic rings. The Labute approximate surface area is 121 Å². The Kier molecular flexibility index (Phi) is 3.35. The highest BCUT2D eigenvalue weighted by Gasteiger charge is 2.27. The van der Waals surface area contributed by atoms with Gasteiger partial charge in [0.25, 0.3) is 0 Å². The van der Waals surface area contributed by atoms with Crippen molar-refractivity contribution >= 4 is 23.0 Å². The summed E-state index contributed by atoms with van der Waals surface area (Å²) >= 11 is 0. The molecule has 4 nitrogen and oxygen atoms in total. The number of rotatable bonds is 2. The molecular formula is C16H15FN2O2. The van der Waals surface area contributed by atoms with Crippen LogP contribution >= 0.6 is 0 Å². The van der Waals surface area contributed by atoms with Crippen LogP contribution in [0.1, 0.15) is 18.6 Å². The van der Waals surface area contributed by atoms with Gasteiger partial charge in [0.1, 0.15) is 12.4 Å². The number of anilines is 3. The van der Waals surface area contributed by atoms with Crippen molar-refractivity contribution in [1.29, 1.82) is 0 Å². The third-order valence-corrected chi connectivity index (χ3v) is 3.51. The summed E-state index contributed by atoms with van der Waals surface area (Å²) in [4.78, 5) is 13.5. The second-order valence-electron chi connectivity index (χ2n) is 5.01. The van der Waals surface area contributed by atoms with Crippen LogP contribution in [0.4, 0.5) is 21.5 Å². The van der Waals surface area contributed by atoms with Crippen LogP contribution in [0, 0.1) is 5.82 Å². The van der Waals surface area contributed by atoms with Gasteiger partial charge in [-0.05, 0) is 25.1 Å². The number of nitrogens with zero attached hydrogens (tertiary/aromatic N) is 1. The van der Waals surface area contributed by atoms with Crippen molar-refractivity contribution in [3.8, 4) is 0 Å². The highest BCUT2D eigenvalue weighted by Crippen LogP contribution is 2.39. The Balaban J connectivity index is 2.20. The molecular weight excluding hydrogens is 271 g/mol. The number of halogens is 1. The average molecular weight is 286 g/mol. The second-order valence-corrected chi connectivity index (χ2v) is 5.01. The SMILES string of the molecule is C[C@@H](O)c1cccc(F)c1N1CC(=O)Nc2ccccc21. The maximum Gasteiger partial charge on any atom is 0.244 e. The maximum absolute atomic E-state index is 14.3. The summed E-state index contributed by atoms with van der Waals surface area (Å²) in [6, 6.07) is 11.8. The fraction of sp³-hybridized carbons (Fsp3) is 0.188. The molecule has 0 fully saturated rings. The van der Waals surface area contributed by atoms with E-state index < -0.39 is 11.9 Å². The van der Waals surface area contributed by atoms with Gasteiger partial charge < -0.3 is 15.3 Å². The fourth-order valence-electron chi connectivity index (χ4n) is 2.59. The standard InChI is InChI=1S/C16H15FN2O2/c1-10(20)11-5-4-6-12(17)16(11)19-9-15(21)18-13-7-2-3-8-14(13)19/h2-8,10,20H,9H2,1H3,(H,18,21)/t10-/m1/s1. The number of para-hydroxylation sites is 3. The predicted molar refractivity (Wildman–Crippen MR) is 79.1 cm³/mol. The lowest BCUT2D eigenvalue weighted by atomic mass is 10.0. The number of aliphatic hydroxyl groups is 1. The van der Waals surface area contributed by atoms with E-state index >= 15 is 0 Å². The molecule has 2 aromatic carbocycles. The molecule has 0 aliphatic carbocycles. The molecule has 0 spiro atoms. The van der Waals surface area contributed by atoms with Crippen molar-refractivity contribution in [1.82, 2.24) is 0 Å². The summed E-state index contributed by atoms with van der Waals surface area (Å²) in [5.41, 5.74) is 2.05. The lowest BCUT2D eigenvalue weighted by molar-refractivity contribution is -0.115. The maximum atomic E-state index is 14.3. The molecule has 1 heterocycles. The third-order valence-electron chi connectivity index (χ3n) is 3.51. The van der Waals surface area contributed by atoms with Gasteiger partial charge in [-0.2, -0.15) is 0 Å². The zero-order valence-electron chi connectivity index (χ0n) is 11.5. The van der Waals surface area contributed by atoms with Gasteiger partial charge in [-0.3, -0.25) is 4.79 Å². The van der Waals surface area contributed by atoms with Gasteiger partial charge in [-0.1, -0.05) is 24.3 Å². The van der Waals surface area contributed by atoms with E-state index in [2.05, 4.69) is 5.32 Å². The second kappa shape index (κ2) is 5.18.